The third kappa shape index (κ3) is 5.90. The van der Waals surface area contributed by atoms with E-state index in [1.54, 1.807) is 38.4 Å². The maximum atomic E-state index is 12.9. The molecule has 0 saturated heterocycles. The molecule has 0 atom stereocenters. The van der Waals surface area contributed by atoms with Gasteiger partial charge in [-0.25, -0.2) is 0 Å². The lowest BCUT2D eigenvalue weighted by Gasteiger charge is -2.23. The van der Waals surface area contributed by atoms with E-state index in [1.165, 1.54) is 19.1 Å². The van der Waals surface area contributed by atoms with Gasteiger partial charge in [-0.05, 0) is 43.7 Å². The summed E-state index contributed by atoms with van der Waals surface area (Å²) < 4.78 is 10.7. The fourth-order valence-electron chi connectivity index (χ4n) is 3.24. The van der Waals surface area contributed by atoms with Gasteiger partial charge in [-0.15, -0.1) is 0 Å². The van der Waals surface area contributed by atoms with E-state index < -0.39 is 0 Å². The normalized spacial score (nSPS) is 10.4. The molecule has 0 saturated carbocycles. The van der Waals surface area contributed by atoms with Gasteiger partial charge in [0, 0.05) is 44.5 Å². The molecule has 0 aliphatic rings. The first kappa shape index (κ1) is 24.1. The molecule has 0 heterocycles. The zero-order chi connectivity index (χ0) is 23.0. The fourth-order valence-corrected chi connectivity index (χ4v) is 3.24. The first-order chi connectivity index (χ1) is 14.9. The van der Waals surface area contributed by atoms with Gasteiger partial charge in [-0.2, -0.15) is 0 Å². The van der Waals surface area contributed by atoms with Crippen LogP contribution in [0.1, 0.15) is 47.4 Å². The molecule has 0 radical (unpaired) electrons. The van der Waals surface area contributed by atoms with E-state index in [1.807, 2.05) is 12.1 Å². The zero-order valence-corrected chi connectivity index (χ0v) is 19.3. The second kappa shape index (κ2) is 11.2. The number of methoxy groups -OCH3 is 2. The maximum absolute atomic E-state index is 12.9. The number of carbonyl (C=O) groups excluding carboxylic acids is 2. The van der Waals surface area contributed by atoms with E-state index in [0.29, 0.717) is 28.3 Å². The number of nitrogens with one attached hydrogen (secondary N) is 1. The van der Waals surface area contributed by atoms with Crippen molar-refractivity contribution in [3.63, 3.8) is 0 Å². The van der Waals surface area contributed by atoms with Crippen molar-refractivity contribution in [2.24, 2.45) is 0 Å². The van der Waals surface area contributed by atoms with Crippen LogP contribution in [0.25, 0.3) is 0 Å². The van der Waals surface area contributed by atoms with Crippen molar-refractivity contribution < 1.29 is 19.1 Å². The summed E-state index contributed by atoms with van der Waals surface area (Å²) in [5.41, 5.74) is 2.28. The molecule has 0 aromatic heterocycles. The van der Waals surface area contributed by atoms with Crippen LogP contribution in [0, 0.1) is 0 Å². The Labute approximate surface area is 184 Å². The van der Waals surface area contributed by atoms with Crippen LogP contribution in [0.3, 0.4) is 0 Å². The smallest absolute Gasteiger partial charge is 0.255 e. The van der Waals surface area contributed by atoms with Crippen LogP contribution < -0.4 is 19.7 Å². The predicted molar refractivity (Wildman–Crippen MR) is 125 cm³/mol. The highest BCUT2D eigenvalue weighted by molar-refractivity contribution is 6.09. The average molecular weight is 428 g/mol. The Balaban J connectivity index is 2.30. The van der Waals surface area contributed by atoms with Gasteiger partial charge in [0.2, 0.25) is 0 Å². The van der Waals surface area contributed by atoms with Crippen molar-refractivity contribution in [1.82, 2.24) is 4.90 Å². The maximum Gasteiger partial charge on any atom is 0.255 e. The number of nitrogens with zero attached hydrogens (tertiary/aromatic N) is 2. The molecule has 0 fully saturated rings. The number of amides is 2. The fraction of sp³-hybridized carbons (Fsp3) is 0.417. The topological polar surface area (TPSA) is 71.1 Å². The minimum Gasteiger partial charge on any atom is -0.493 e. The van der Waals surface area contributed by atoms with Gasteiger partial charge < -0.3 is 24.6 Å². The molecule has 0 unspecified atom stereocenters. The number of carbonyl (C=O) groups is 2. The van der Waals surface area contributed by atoms with E-state index >= 15 is 0 Å². The molecule has 31 heavy (non-hydrogen) atoms. The lowest BCUT2D eigenvalue weighted by molar-refractivity contribution is 0.0828. The summed E-state index contributed by atoms with van der Waals surface area (Å²) in [7, 11) is 6.32. The summed E-state index contributed by atoms with van der Waals surface area (Å²) in [6.45, 7) is 6.19. The van der Waals surface area contributed by atoms with Crippen LogP contribution in [0.4, 0.5) is 11.4 Å². The Morgan fingerprint density at radius 3 is 2.10 bits per heavy atom. The molecule has 2 amide bonds. The molecule has 168 valence electrons. The Hall–Kier alpha value is -3.22. The van der Waals surface area contributed by atoms with Gasteiger partial charge in [0.1, 0.15) is 0 Å². The number of ether oxygens (including phenoxy) is 2. The van der Waals surface area contributed by atoms with Gasteiger partial charge in [0.05, 0.1) is 25.5 Å². The molecule has 7 heteroatoms. The highest BCUT2D eigenvalue weighted by Gasteiger charge is 2.20. The lowest BCUT2D eigenvalue weighted by atomic mass is 10.1. The summed E-state index contributed by atoms with van der Waals surface area (Å²) in [5, 5.41) is 2.85. The predicted octanol–water partition coefficient (Wildman–Crippen LogP) is 4.28. The summed E-state index contributed by atoms with van der Waals surface area (Å²) in [6, 6.07) is 10.7. The molecule has 0 spiro atoms. The molecule has 2 aromatic carbocycles. The van der Waals surface area contributed by atoms with Crippen LogP contribution in [-0.4, -0.2) is 58.1 Å². The van der Waals surface area contributed by atoms with Crippen LogP contribution in [-0.2, 0) is 0 Å². The number of benzene rings is 2. The second-order valence-corrected chi connectivity index (χ2v) is 7.39. The first-order valence-corrected chi connectivity index (χ1v) is 10.5. The monoisotopic (exact) mass is 427 g/mol. The molecule has 2 aromatic rings. The third-order valence-electron chi connectivity index (χ3n) is 5.07. The van der Waals surface area contributed by atoms with Gasteiger partial charge in [-0.1, -0.05) is 13.3 Å². The Morgan fingerprint density at radius 2 is 1.58 bits per heavy atom. The number of hydrogen-bond donors (Lipinski definition) is 1. The minimum atomic E-state index is -0.303. The SMILES string of the molecule is CCCCN(CC)c1ccc(C(=O)Nc2cc(OC)c(OC)cc2C(=O)N(C)C)cc1. The van der Waals surface area contributed by atoms with Gasteiger partial charge in [0.25, 0.3) is 11.8 Å². The molecule has 0 bridgehead atoms. The highest BCUT2D eigenvalue weighted by atomic mass is 16.5. The van der Waals surface area contributed by atoms with E-state index in [4.69, 9.17) is 9.47 Å². The van der Waals surface area contributed by atoms with Gasteiger partial charge in [-0.3, -0.25) is 9.59 Å². The molecule has 7 nitrogen and oxygen atoms in total. The van der Waals surface area contributed by atoms with E-state index in [9.17, 15) is 9.59 Å². The van der Waals surface area contributed by atoms with Crippen molar-refractivity contribution in [2.75, 3.05) is 51.6 Å². The van der Waals surface area contributed by atoms with Gasteiger partial charge >= 0.3 is 0 Å². The summed E-state index contributed by atoms with van der Waals surface area (Å²) in [5.74, 6) is 0.295. The lowest BCUT2D eigenvalue weighted by Crippen LogP contribution is -2.25. The second-order valence-electron chi connectivity index (χ2n) is 7.39. The van der Waals surface area contributed by atoms with Crippen LogP contribution in [0.2, 0.25) is 0 Å². The first-order valence-electron chi connectivity index (χ1n) is 10.5. The number of anilines is 2. The Bertz CT molecular complexity index is 894. The zero-order valence-electron chi connectivity index (χ0n) is 19.3. The van der Waals surface area contributed by atoms with Crippen molar-refractivity contribution in [2.45, 2.75) is 26.7 Å². The molecular weight excluding hydrogens is 394 g/mol. The number of rotatable bonds is 10. The largest absolute Gasteiger partial charge is 0.493 e. The minimum absolute atomic E-state index is 0.249. The van der Waals surface area contributed by atoms with Crippen molar-refractivity contribution in [3.8, 4) is 11.5 Å². The van der Waals surface area contributed by atoms with Crippen LogP contribution in [0.5, 0.6) is 11.5 Å². The Kier molecular flexibility index (Phi) is 8.73. The molecule has 2 rings (SSSR count). The van der Waals surface area contributed by atoms with Crippen LogP contribution in [0.15, 0.2) is 36.4 Å². The summed E-state index contributed by atoms with van der Waals surface area (Å²) in [6.07, 6.45) is 2.26. The quantitative estimate of drug-likeness (QED) is 0.613. The molecule has 0 aliphatic carbocycles. The third-order valence-corrected chi connectivity index (χ3v) is 5.07. The molecule has 1 N–H and O–H groups in total. The van der Waals surface area contributed by atoms with Crippen molar-refractivity contribution in [3.05, 3.63) is 47.5 Å². The van der Waals surface area contributed by atoms with Crippen molar-refractivity contribution >= 4 is 23.2 Å². The number of hydrogen-bond acceptors (Lipinski definition) is 5. The van der Waals surface area contributed by atoms with E-state index in [0.717, 1.165) is 31.6 Å². The Morgan fingerprint density at radius 1 is 0.968 bits per heavy atom. The standard InChI is InChI=1S/C24H33N3O4/c1-7-9-14-27(8-2)18-12-10-17(11-13-18)23(28)25-20-16-22(31-6)21(30-5)15-19(20)24(29)26(3)4/h10-13,15-16H,7-9,14H2,1-6H3,(H,25,28). The van der Waals surface area contributed by atoms with Gasteiger partial charge in [0.15, 0.2) is 11.5 Å². The van der Waals surface area contributed by atoms with E-state index in [2.05, 4.69) is 24.1 Å². The summed E-state index contributed by atoms with van der Waals surface area (Å²) >= 11 is 0. The molecule has 0 aliphatic heterocycles. The van der Waals surface area contributed by atoms with Crippen molar-refractivity contribution in [1.29, 1.82) is 0 Å². The molecular formula is C24H33N3O4. The van der Waals surface area contributed by atoms with Crippen LogP contribution >= 0.6 is 0 Å². The highest BCUT2D eigenvalue weighted by Crippen LogP contribution is 2.34. The van der Waals surface area contributed by atoms with E-state index in [-0.39, 0.29) is 11.8 Å². The average Bonchev–Trinajstić information content (AvgIpc) is 2.79. The summed E-state index contributed by atoms with van der Waals surface area (Å²) in [4.78, 5) is 29.3. The number of unbranched alkanes of at least 4 members (excludes halogenated alkanes) is 1.